The number of halogens is 1. The zero-order valence-corrected chi connectivity index (χ0v) is 11.8. The fourth-order valence-corrected chi connectivity index (χ4v) is 2.30. The van der Waals surface area contributed by atoms with E-state index in [2.05, 4.69) is 48.0 Å². The monoisotopic (exact) mass is 283 g/mol. The molecule has 0 heterocycles. The van der Waals surface area contributed by atoms with E-state index in [9.17, 15) is 0 Å². The largest absolute Gasteiger partial charge is 0.327 e. The van der Waals surface area contributed by atoms with Crippen LogP contribution in [-0.4, -0.2) is 6.04 Å². The first-order valence-corrected chi connectivity index (χ1v) is 6.87. The van der Waals surface area contributed by atoms with E-state index in [0.717, 1.165) is 23.2 Å². The van der Waals surface area contributed by atoms with Gasteiger partial charge in [-0.3, -0.25) is 0 Å². The minimum Gasteiger partial charge on any atom is -0.327 e. The molecule has 2 heteroatoms. The van der Waals surface area contributed by atoms with Crippen molar-refractivity contribution in [1.82, 2.24) is 0 Å². The van der Waals surface area contributed by atoms with Crippen molar-refractivity contribution >= 4 is 15.9 Å². The van der Waals surface area contributed by atoms with Gasteiger partial charge in [-0.25, -0.2) is 0 Å². The van der Waals surface area contributed by atoms with Gasteiger partial charge in [0, 0.05) is 10.5 Å². The minimum atomic E-state index is 0.299. The summed E-state index contributed by atoms with van der Waals surface area (Å²) in [6, 6.07) is 8.72. The first-order valence-electron chi connectivity index (χ1n) is 6.08. The molecule has 2 N–H and O–H groups in total. The standard InChI is InChI=1S/C14H22BrN/c1-11(2)5-3-8-14(16)10-12-6-4-7-13(15)9-12/h4,6-7,9,11,14H,3,5,8,10,16H2,1-2H3. The van der Waals surface area contributed by atoms with Gasteiger partial charge in [0.1, 0.15) is 0 Å². The van der Waals surface area contributed by atoms with Crippen LogP contribution in [0.15, 0.2) is 28.7 Å². The van der Waals surface area contributed by atoms with Gasteiger partial charge in [-0.1, -0.05) is 54.8 Å². The molecule has 0 aliphatic carbocycles. The van der Waals surface area contributed by atoms with Crippen molar-refractivity contribution in [3.63, 3.8) is 0 Å². The van der Waals surface area contributed by atoms with Crippen LogP contribution in [0.25, 0.3) is 0 Å². The highest BCUT2D eigenvalue weighted by atomic mass is 79.9. The predicted octanol–water partition coefficient (Wildman–Crippen LogP) is 4.15. The van der Waals surface area contributed by atoms with Crippen molar-refractivity contribution in [3.8, 4) is 0 Å². The van der Waals surface area contributed by atoms with E-state index in [-0.39, 0.29) is 0 Å². The molecule has 0 fully saturated rings. The molecule has 0 bridgehead atoms. The summed E-state index contributed by atoms with van der Waals surface area (Å²) < 4.78 is 1.14. The molecule has 1 aromatic rings. The van der Waals surface area contributed by atoms with Gasteiger partial charge in [-0.05, 0) is 36.5 Å². The zero-order chi connectivity index (χ0) is 12.0. The lowest BCUT2D eigenvalue weighted by molar-refractivity contribution is 0.496. The van der Waals surface area contributed by atoms with Crippen molar-refractivity contribution < 1.29 is 0 Å². The average Bonchev–Trinajstić information content (AvgIpc) is 2.16. The van der Waals surface area contributed by atoms with Gasteiger partial charge in [0.2, 0.25) is 0 Å². The van der Waals surface area contributed by atoms with Gasteiger partial charge in [0.25, 0.3) is 0 Å². The maximum Gasteiger partial charge on any atom is 0.0178 e. The Hall–Kier alpha value is -0.340. The topological polar surface area (TPSA) is 26.0 Å². The first kappa shape index (κ1) is 13.7. The van der Waals surface area contributed by atoms with Gasteiger partial charge in [0.05, 0.1) is 0 Å². The lowest BCUT2D eigenvalue weighted by Gasteiger charge is -2.12. The van der Waals surface area contributed by atoms with E-state index >= 15 is 0 Å². The fourth-order valence-electron chi connectivity index (χ4n) is 1.86. The molecule has 1 rings (SSSR count). The predicted molar refractivity (Wildman–Crippen MR) is 74.5 cm³/mol. The molecular weight excluding hydrogens is 262 g/mol. The summed E-state index contributed by atoms with van der Waals surface area (Å²) in [5.74, 6) is 0.790. The van der Waals surface area contributed by atoms with Crippen LogP contribution in [0.2, 0.25) is 0 Å². The van der Waals surface area contributed by atoms with Crippen LogP contribution >= 0.6 is 15.9 Å². The summed E-state index contributed by atoms with van der Waals surface area (Å²) in [6.45, 7) is 4.53. The molecule has 0 amide bonds. The number of nitrogens with two attached hydrogens (primary N) is 1. The Morgan fingerprint density at radius 3 is 2.62 bits per heavy atom. The van der Waals surface area contributed by atoms with E-state index in [0.29, 0.717) is 6.04 Å². The smallest absolute Gasteiger partial charge is 0.0178 e. The Labute approximate surface area is 108 Å². The Morgan fingerprint density at radius 2 is 2.00 bits per heavy atom. The SMILES string of the molecule is CC(C)CCCC(N)Cc1cccc(Br)c1. The van der Waals surface area contributed by atoms with Crippen molar-refractivity contribution in [2.24, 2.45) is 11.7 Å². The molecule has 0 saturated carbocycles. The second-order valence-electron chi connectivity index (χ2n) is 4.92. The molecule has 0 aliphatic rings. The molecule has 16 heavy (non-hydrogen) atoms. The summed E-state index contributed by atoms with van der Waals surface area (Å²) in [5.41, 5.74) is 7.45. The average molecular weight is 284 g/mol. The molecule has 1 atom stereocenters. The molecule has 90 valence electrons. The Kier molecular flexibility index (Phi) is 6.07. The van der Waals surface area contributed by atoms with Crippen molar-refractivity contribution in [2.75, 3.05) is 0 Å². The molecule has 1 nitrogen and oxygen atoms in total. The molecule has 0 spiro atoms. The summed E-state index contributed by atoms with van der Waals surface area (Å²) in [4.78, 5) is 0. The third-order valence-electron chi connectivity index (χ3n) is 2.74. The highest BCUT2D eigenvalue weighted by molar-refractivity contribution is 9.10. The van der Waals surface area contributed by atoms with Crippen LogP contribution in [0.5, 0.6) is 0 Å². The Bertz CT molecular complexity index is 309. The number of rotatable bonds is 6. The Morgan fingerprint density at radius 1 is 1.25 bits per heavy atom. The van der Waals surface area contributed by atoms with Gasteiger partial charge >= 0.3 is 0 Å². The summed E-state index contributed by atoms with van der Waals surface area (Å²) >= 11 is 3.48. The van der Waals surface area contributed by atoms with Crippen LogP contribution in [0, 0.1) is 5.92 Å². The maximum absolute atomic E-state index is 6.13. The quantitative estimate of drug-likeness (QED) is 0.834. The number of hydrogen-bond donors (Lipinski definition) is 1. The van der Waals surface area contributed by atoms with Gasteiger partial charge in [-0.15, -0.1) is 0 Å². The fraction of sp³-hybridized carbons (Fsp3) is 0.571. The normalized spacial score (nSPS) is 13.1. The highest BCUT2D eigenvalue weighted by Crippen LogP contribution is 2.15. The van der Waals surface area contributed by atoms with Crippen LogP contribution in [-0.2, 0) is 6.42 Å². The Balaban J connectivity index is 2.31. The van der Waals surface area contributed by atoms with E-state index in [1.54, 1.807) is 0 Å². The van der Waals surface area contributed by atoms with Gasteiger partial charge < -0.3 is 5.73 Å². The van der Waals surface area contributed by atoms with Crippen molar-refractivity contribution in [3.05, 3.63) is 34.3 Å². The third kappa shape index (κ3) is 5.66. The molecule has 0 saturated heterocycles. The number of benzene rings is 1. The lowest BCUT2D eigenvalue weighted by atomic mass is 9.99. The molecular formula is C14H22BrN. The van der Waals surface area contributed by atoms with E-state index in [1.165, 1.54) is 18.4 Å². The summed E-state index contributed by atoms with van der Waals surface area (Å²) in [6.07, 6.45) is 4.64. The molecule has 0 aromatic heterocycles. The second kappa shape index (κ2) is 7.08. The van der Waals surface area contributed by atoms with Crippen LogP contribution < -0.4 is 5.73 Å². The molecule has 0 aliphatic heterocycles. The van der Waals surface area contributed by atoms with E-state index < -0.39 is 0 Å². The number of hydrogen-bond acceptors (Lipinski definition) is 1. The van der Waals surface area contributed by atoms with Crippen molar-refractivity contribution in [1.29, 1.82) is 0 Å². The highest BCUT2D eigenvalue weighted by Gasteiger charge is 2.05. The zero-order valence-electron chi connectivity index (χ0n) is 10.2. The minimum absolute atomic E-state index is 0.299. The second-order valence-corrected chi connectivity index (χ2v) is 5.83. The van der Waals surface area contributed by atoms with Crippen LogP contribution in [0.3, 0.4) is 0 Å². The van der Waals surface area contributed by atoms with E-state index in [1.807, 2.05) is 6.07 Å². The van der Waals surface area contributed by atoms with Crippen LogP contribution in [0.1, 0.15) is 38.7 Å². The lowest BCUT2D eigenvalue weighted by Crippen LogP contribution is -2.22. The van der Waals surface area contributed by atoms with E-state index in [4.69, 9.17) is 5.73 Å². The van der Waals surface area contributed by atoms with Gasteiger partial charge in [0.15, 0.2) is 0 Å². The first-order chi connectivity index (χ1) is 7.58. The molecule has 1 unspecified atom stereocenters. The summed E-state index contributed by atoms with van der Waals surface area (Å²) in [7, 11) is 0. The molecule has 0 radical (unpaired) electrons. The third-order valence-corrected chi connectivity index (χ3v) is 3.24. The maximum atomic E-state index is 6.13. The van der Waals surface area contributed by atoms with Crippen LogP contribution in [0.4, 0.5) is 0 Å². The summed E-state index contributed by atoms with van der Waals surface area (Å²) in [5, 5.41) is 0. The van der Waals surface area contributed by atoms with Gasteiger partial charge in [-0.2, -0.15) is 0 Å². The van der Waals surface area contributed by atoms with Crippen molar-refractivity contribution in [2.45, 2.75) is 45.6 Å². The molecule has 1 aromatic carbocycles.